The number of ether oxygens (including phenoxy) is 3. The Hall–Kier alpha value is -2.48. The summed E-state index contributed by atoms with van der Waals surface area (Å²) in [6.45, 7) is 0. The summed E-state index contributed by atoms with van der Waals surface area (Å²) in [6.07, 6.45) is 10.9. The summed E-state index contributed by atoms with van der Waals surface area (Å²) in [5.74, 6) is -0.131. The van der Waals surface area contributed by atoms with Gasteiger partial charge in [-0.1, -0.05) is 44.9 Å². The van der Waals surface area contributed by atoms with Crippen LogP contribution < -0.4 is 9.47 Å². The van der Waals surface area contributed by atoms with E-state index in [1.54, 1.807) is 6.07 Å². The highest BCUT2D eigenvalue weighted by molar-refractivity contribution is 5.92. The summed E-state index contributed by atoms with van der Waals surface area (Å²) < 4.78 is 15.5. The number of rotatable bonds is 6. The van der Waals surface area contributed by atoms with E-state index in [9.17, 15) is 9.59 Å². The van der Waals surface area contributed by atoms with Gasteiger partial charge in [0, 0.05) is 6.07 Å². The van der Waals surface area contributed by atoms with Crippen molar-refractivity contribution in [2.24, 2.45) is 0 Å². The van der Waals surface area contributed by atoms with Crippen LogP contribution in [0.25, 0.3) is 0 Å². The molecule has 0 unspecified atom stereocenters. The summed E-state index contributed by atoms with van der Waals surface area (Å²) in [7, 11) is 2.90. The third kappa shape index (κ3) is 8.49. The molecule has 0 saturated heterocycles. The molecule has 0 atom stereocenters. The van der Waals surface area contributed by atoms with E-state index in [2.05, 4.69) is 14.8 Å². The standard InChI is InChI=1S/C22H32O8/c1-25-18-14-15-19(20(16-18)26-2)21(23)28-30-29-22(24)27-17-12-10-8-6-4-3-5-7-9-11-13-17/h14-17H,3-13H2,1-2H3. The van der Waals surface area contributed by atoms with Crippen LogP contribution in [0.2, 0.25) is 0 Å². The first-order valence-corrected chi connectivity index (χ1v) is 10.6. The normalized spacial score (nSPS) is 16.5. The largest absolute Gasteiger partial charge is 0.543 e. The van der Waals surface area contributed by atoms with Crippen molar-refractivity contribution in [1.29, 1.82) is 0 Å². The monoisotopic (exact) mass is 424 g/mol. The summed E-state index contributed by atoms with van der Waals surface area (Å²) >= 11 is 0. The Morgan fingerprint density at radius 2 is 1.40 bits per heavy atom. The Kier molecular flexibility index (Phi) is 10.9. The van der Waals surface area contributed by atoms with E-state index in [-0.39, 0.29) is 17.4 Å². The van der Waals surface area contributed by atoms with Gasteiger partial charge in [0.1, 0.15) is 23.2 Å². The highest BCUT2D eigenvalue weighted by Crippen LogP contribution is 2.25. The molecule has 1 fully saturated rings. The average Bonchev–Trinajstić information content (AvgIpc) is 2.75. The van der Waals surface area contributed by atoms with Crippen molar-refractivity contribution in [3.8, 4) is 11.5 Å². The zero-order valence-corrected chi connectivity index (χ0v) is 17.9. The van der Waals surface area contributed by atoms with Crippen LogP contribution in [0.4, 0.5) is 4.79 Å². The highest BCUT2D eigenvalue weighted by Gasteiger charge is 2.20. The number of methoxy groups -OCH3 is 2. The molecule has 0 aromatic heterocycles. The smallest absolute Gasteiger partial charge is 0.497 e. The van der Waals surface area contributed by atoms with Gasteiger partial charge in [0.25, 0.3) is 0 Å². The Balaban J connectivity index is 1.76. The van der Waals surface area contributed by atoms with Gasteiger partial charge >= 0.3 is 12.1 Å². The number of hydrogen-bond acceptors (Lipinski definition) is 8. The second-order valence-electron chi connectivity index (χ2n) is 7.34. The van der Waals surface area contributed by atoms with Gasteiger partial charge in [0.05, 0.1) is 19.3 Å². The van der Waals surface area contributed by atoms with Gasteiger partial charge in [-0.15, -0.1) is 0 Å². The zero-order valence-electron chi connectivity index (χ0n) is 17.9. The van der Waals surface area contributed by atoms with Crippen molar-refractivity contribution in [1.82, 2.24) is 0 Å². The fourth-order valence-corrected chi connectivity index (χ4v) is 3.49. The molecule has 0 bridgehead atoms. The lowest BCUT2D eigenvalue weighted by Gasteiger charge is -2.17. The van der Waals surface area contributed by atoms with Crippen molar-refractivity contribution in [3.63, 3.8) is 0 Å². The van der Waals surface area contributed by atoms with Crippen molar-refractivity contribution in [3.05, 3.63) is 23.8 Å². The van der Waals surface area contributed by atoms with Gasteiger partial charge in [-0.2, -0.15) is 0 Å². The maximum Gasteiger partial charge on any atom is 0.543 e. The lowest BCUT2D eigenvalue weighted by Crippen LogP contribution is -2.20. The number of benzene rings is 1. The minimum atomic E-state index is -1.03. The molecule has 8 heteroatoms. The Labute approximate surface area is 177 Å². The third-order valence-electron chi connectivity index (χ3n) is 5.16. The van der Waals surface area contributed by atoms with E-state index in [0.29, 0.717) is 5.75 Å². The molecule has 1 aliphatic carbocycles. The zero-order chi connectivity index (χ0) is 21.6. The molecule has 1 aromatic rings. The van der Waals surface area contributed by atoms with Gasteiger partial charge in [-0.3, -0.25) is 4.89 Å². The Bertz CT molecular complexity index is 649. The van der Waals surface area contributed by atoms with E-state index >= 15 is 0 Å². The first kappa shape index (κ1) is 23.8. The number of hydrogen-bond donors (Lipinski definition) is 0. The minimum Gasteiger partial charge on any atom is -0.497 e. The molecular formula is C22H32O8. The highest BCUT2D eigenvalue weighted by atomic mass is 17.5. The van der Waals surface area contributed by atoms with Crippen LogP contribution in [0, 0.1) is 0 Å². The number of carbonyl (C=O) groups excluding carboxylic acids is 2. The molecule has 2 rings (SSSR count). The maximum absolute atomic E-state index is 12.1. The van der Waals surface area contributed by atoms with Crippen LogP contribution in [0.1, 0.15) is 81.0 Å². The van der Waals surface area contributed by atoms with Crippen molar-refractivity contribution in [2.45, 2.75) is 76.7 Å². The molecule has 0 aliphatic heterocycles. The van der Waals surface area contributed by atoms with Crippen LogP contribution >= 0.6 is 0 Å². The topological polar surface area (TPSA) is 89.5 Å². The van der Waals surface area contributed by atoms with Crippen molar-refractivity contribution < 1.29 is 38.6 Å². The fraction of sp³-hybridized carbons (Fsp3) is 0.636. The molecule has 0 N–H and O–H groups in total. The van der Waals surface area contributed by atoms with Crippen LogP contribution in [0.15, 0.2) is 18.2 Å². The first-order valence-electron chi connectivity index (χ1n) is 10.6. The van der Waals surface area contributed by atoms with E-state index in [1.807, 2.05) is 0 Å². The molecule has 0 heterocycles. The summed E-state index contributed by atoms with van der Waals surface area (Å²) in [6, 6.07) is 4.54. The maximum atomic E-state index is 12.1. The lowest BCUT2D eigenvalue weighted by atomic mass is 9.99. The molecule has 0 amide bonds. The van der Waals surface area contributed by atoms with Gasteiger partial charge in [0.15, 0.2) is 0 Å². The quantitative estimate of drug-likeness (QED) is 0.334. The third-order valence-corrected chi connectivity index (χ3v) is 5.16. The summed E-state index contributed by atoms with van der Waals surface area (Å²) in [4.78, 5) is 33.0. The fourth-order valence-electron chi connectivity index (χ4n) is 3.49. The molecule has 0 spiro atoms. The second-order valence-corrected chi connectivity index (χ2v) is 7.34. The van der Waals surface area contributed by atoms with Gasteiger partial charge in [-0.05, 0) is 37.8 Å². The first-order chi connectivity index (χ1) is 14.6. The van der Waals surface area contributed by atoms with Crippen LogP contribution in [-0.4, -0.2) is 32.4 Å². The Morgan fingerprint density at radius 1 is 0.800 bits per heavy atom. The lowest BCUT2D eigenvalue weighted by molar-refractivity contribution is -0.453. The molecular weight excluding hydrogens is 392 g/mol. The van der Waals surface area contributed by atoms with Crippen LogP contribution in [-0.2, 0) is 19.6 Å². The second kappa shape index (κ2) is 13.7. The van der Waals surface area contributed by atoms with E-state index in [0.717, 1.165) is 38.5 Å². The predicted molar refractivity (Wildman–Crippen MR) is 108 cm³/mol. The van der Waals surface area contributed by atoms with E-state index < -0.39 is 12.1 Å². The molecule has 8 nitrogen and oxygen atoms in total. The molecule has 0 radical (unpaired) electrons. The predicted octanol–water partition coefficient (Wildman–Crippen LogP) is 5.53. The summed E-state index contributed by atoms with van der Waals surface area (Å²) in [5.41, 5.74) is 0.0922. The SMILES string of the molecule is COc1ccc(C(=O)OOOC(=O)OC2CCCCCCCCCCC2)c(OC)c1. The average molecular weight is 424 g/mol. The minimum absolute atomic E-state index is 0.0922. The number of carbonyl (C=O) groups is 2. The Morgan fingerprint density at radius 3 is 1.97 bits per heavy atom. The molecule has 30 heavy (non-hydrogen) atoms. The van der Waals surface area contributed by atoms with Crippen molar-refractivity contribution in [2.75, 3.05) is 14.2 Å². The van der Waals surface area contributed by atoms with E-state index in [1.165, 1.54) is 58.5 Å². The van der Waals surface area contributed by atoms with Gasteiger partial charge in [0.2, 0.25) is 0 Å². The van der Waals surface area contributed by atoms with Crippen LogP contribution in [0.3, 0.4) is 0 Å². The van der Waals surface area contributed by atoms with E-state index in [4.69, 9.17) is 14.2 Å². The van der Waals surface area contributed by atoms with Crippen molar-refractivity contribution >= 4 is 12.1 Å². The molecule has 1 aromatic carbocycles. The van der Waals surface area contributed by atoms with Gasteiger partial charge < -0.3 is 14.2 Å². The summed E-state index contributed by atoms with van der Waals surface area (Å²) in [5, 5.41) is 4.34. The van der Waals surface area contributed by atoms with Gasteiger partial charge in [-0.25, -0.2) is 14.5 Å². The van der Waals surface area contributed by atoms with Crippen LogP contribution in [0.5, 0.6) is 11.5 Å². The molecule has 168 valence electrons. The molecule has 1 saturated carbocycles. The molecule has 1 aliphatic rings.